The van der Waals surface area contributed by atoms with Gasteiger partial charge in [-0.25, -0.2) is 13.9 Å². The highest BCUT2D eigenvalue weighted by atomic mass is 79.9. The van der Waals surface area contributed by atoms with Crippen LogP contribution in [0, 0.1) is 5.82 Å². The molecule has 0 aliphatic heterocycles. The first-order valence-corrected chi connectivity index (χ1v) is 6.01. The maximum absolute atomic E-state index is 13.2. The topological polar surface area (TPSA) is 56.2 Å². The number of fused-ring (bicyclic) bond motifs is 1. The molecule has 2 aromatic heterocycles. The van der Waals surface area contributed by atoms with E-state index in [2.05, 4.69) is 26.0 Å². The van der Waals surface area contributed by atoms with E-state index in [1.54, 1.807) is 28.9 Å². The Kier molecular flexibility index (Phi) is 2.52. The summed E-state index contributed by atoms with van der Waals surface area (Å²) in [6.45, 7) is 0. The van der Waals surface area contributed by atoms with Crippen molar-refractivity contribution in [3.05, 3.63) is 46.8 Å². The van der Waals surface area contributed by atoms with Crippen LogP contribution in [0.15, 0.2) is 41.0 Å². The van der Waals surface area contributed by atoms with E-state index in [-0.39, 0.29) is 5.82 Å². The van der Waals surface area contributed by atoms with Crippen LogP contribution in [0.3, 0.4) is 0 Å². The zero-order chi connectivity index (χ0) is 12.7. The molecule has 2 heterocycles. The number of nitrogens with zero attached hydrogens (tertiary/aromatic N) is 3. The standard InChI is InChI=1S/C12H8BrFN4/c13-10-11(7-2-1-3-8(14)6-7)17-18-5-4-9(15)16-12(10)18/h1-6H,(H2,15,16). The van der Waals surface area contributed by atoms with E-state index in [1.807, 2.05) is 0 Å². The molecule has 0 atom stereocenters. The fourth-order valence-electron chi connectivity index (χ4n) is 1.74. The lowest BCUT2D eigenvalue weighted by Crippen LogP contribution is -1.94. The molecule has 0 unspecified atom stereocenters. The van der Waals surface area contributed by atoms with E-state index in [0.29, 0.717) is 27.2 Å². The smallest absolute Gasteiger partial charge is 0.172 e. The summed E-state index contributed by atoms with van der Waals surface area (Å²) in [5, 5.41) is 4.35. The Morgan fingerprint density at radius 1 is 1.28 bits per heavy atom. The molecule has 0 amide bonds. The minimum Gasteiger partial charge on any atom is -0.384 e. The summed E-state index contributed by atoms with van der Waals surface area (Å²) < 4.78 is 15.5. The Bertz CT molecular complexity index is 738. The summed E-state index contributed by atoms with van der Waals surface area (Å²) in [5.74, 6) is 0.109. The lowest BCUT2D eigenvalue weighted by molar-refractivity contribution is 0.628. The van der Waals surface area contributed by atoms with Crippen LogP contribution in [0.2, 0.25) is 0 Å². The van der Waals surface area contributed by atoms with Gasteiger partial charge in [0.2, 0.25) is 0 Å². The molecule has 0 spiro atoms. The zero-order valence-electron chi connectivity index (χ0n) is 9.14. The van der Waals surface area contributed by atoms with Crippen LogP contribution in [0.4, 0.5) is 10.2 Å². The van der Waals surface area contributed by atoms with E-state index < -0.39 is 0 Å². The van der Waals surface area contributed by atoms with Crippen molar-refractivity contribution in [3.63, 3.8) is 0 Å². The molecule has 0 aliphatic carbocycles. The third-order valence-electron chi connectivity index (χ3n) is 2.55. The molecule has 3 rings (SSSR count). The molecule has 0 saturated carbocycles. The van der Waals surface area contributed by atoms with Crippen molar-refractivity contribution in [2.75, 3.05) is 5.73 Å². The van der Waals surface area contributed by atoms with Crippen molar-refractivity contribution in [3.8, 4) is 11.3 Å². The summed E-state index contributed by atoms with van der Waals surface area (Å²) in [6.07, 6.45) is 1.71. The van der Waals surface area contributed by atoms with Crippen molar-refractivity contribution in [2.24, 2.45) is 0 Å². The predicted molar refractivity (Wildman–Crippen MR) is 70.5 cm³/mol. The quantitative estimate of drug-likeness (QED) is 0.752. The van der Waals surface area contributed by atoms with Crippen LogP contribution in [0.1, 0.15) is 0 Å². The van der Waals surface area contributed by atoms with E-state index in [0.717, 1.165) is 0 Å². The van der Waals surface area contributed by atoms with E-state index in [4.69, 9.17) is 5.73 Å². The van der Waals surface area contributed by atoms with Gasteiger partial charge in [-0.05, 0) is 34.1 Å². The van der Waals surface area contributed by atoms with Gasteiger partial charge < -0.3 is 5.73 Å². The Labute approximate surface area is 110 Å². The first-order chi connectivity index (χ1) is 8.65. The molecule has 1 aromatic carbocycles. The van der Waals surface area contributed by atoms with Crippen molar-refractivity contribution >= 4 is 27.4 Å². The lowest BCUT2D eigenvalue weighted by atomic mass is 10.1. The van der Waals surface area contributed by atoms with Crippen molar-refractivity contribution in [2.45, 2.75) is 0 Å². The highest BCUT2D eigenvalue weighted by Crippen LogP contribution is 2.30. The van der Waals surface area contributed by atoms with Crippen molar-refractivity contribution in [1.82, 2.24) is 14.6 Å². The maximum atomic E-state index is 13.2. The first kappa shape index (κ1) is 11.2. The number of hydrogen-bond acceptors (Lipinski definition) is 3. The number of hydrogen-bond donors (Lipinski definition) is 1. The Balaban J connectivity index is 2.27. The molecule has 0 fully saturated rings. The fraction of sp³-hybridized carbons (Fsp3) is 0. The number of aromatic nitrogens is 3. The van der Waals surface area contributed by atoms with Gasteiger partial charge in [-0.1, -0.05) is 12.1 Å². The average molecular weight is 307 g/mol. The predicted octanol–water partition coefficient (Wildman–Crippen LogP) is 2.88. The van der Waals surface area contributed by atoms with Crippen LogP contribution in [0.5, 0.6) is 0 Å². The summed E-state index contributed by atoms with van der Waals surface area (Å²) in [7, 11) is 0. The average Bonchev–Trinajstić information content (AvgIpc) is 2.67. The molecule has 4 nitrogen and oxygen atoms in total. The van der Waals surface area contributed by atoms with E-state index in [9.17, 15) is 4.39 Å². The molecule has 0 radical (unpaired) electrons. The van der Waals surface area contributed by atoms with Gasteiger partial charge >= 0.3 is 0 Å². The lowest BCUT2D eigenvalue weighted by Gasteiger charge is -1.96. The van der Waals surface area contributed by atoms with Crippen molar-refractivity contribution in [1.29, 1.82) is 0 Å². The summed E-state index contributed by atoms with van der Waals surface area (Å²) in [4.78, 5) is 4.18. The number of benzene rings is 1. The van der Waals surface area contributed by atoms with Crippen LogP contribution in [-0.4, -0.2) is 14.6 Å². The highest BCUT2D eigenvalue weighted by Gasteiger charge is 2.13. The number of nitrogen functional groups attached to an aromatic ring is 1. The molecule has 0 bridgehead atoms. The molecule has 90 valence electrons. The minimum absolute atomic E-state index is 0.302. The monoisotopic (exact) mass is 306 g/mol. The largest absolute Gasteiger partial charge is 0.384 e. The number of halogens is 2. The summed E-state index contributed by atoms with van der Waals surface area (Å²) >= 11 is 3.42. The molecule has 6 heteroatoms. The number of rotatable bonds is 1. The van der Waals surface area contributed by atoms with Crippen LogP contribution in [0.25, 0.3) is 16.9 Å². The van der Waals surface area contributed by atoms with Gasteiger partial charge in [0.05, 0.1) is 4.47 Å². The Hall–Kier alpha value is -1.95. The SMILES string of the molecule is Nc1ccn2nc(-c3cccc(F)c3)c(Br)c2n1. The Morgan fingerprint density at radius 2 is 2.11 bits per heavy atom. The van der Waals surface area contributed by atoms with Gasteiger partial charge in [-0.3, -0.25) is 0 Å². The van der Waals surface area contributed by atoms with Gasteiger partial charge in [0, 0.05) is 11.8 Å². The number of anilines is 1. The Morgan fingerprint density at radius 3 is 2.89 bits per heavy atom. The van der Waals surface area contributed by atoms with Gasteiger partial charge in [0.25, 0.3) is 0 Å². The fourth-order valence-corrected chi connectivity index (χ4v) is 2.32. The van der Waals surface area contributed by atoms with Crippen LogP contribution >= 0.6 is 15.9 Å². The molecule has 2 N–H and O–H groups in total. The summed E-state index contributed by atoms with van der Waals surface area (Å²) in [6, 6.07) is 7.91. The van der Waals surface area contributed by atoms with E-state index in [1.165, 1.54) is 12.1 Å². The van der Waals surface area contributed by atoms with Gasteiger partial charge in [0.1, 0.15) is 17.3 Å². The van der Waals surface area contributed by atoms with E-state index >= 15 is 0 Å². The second-order valence-electron chi connectivity index (χ2n) is 3.79. The molecule has 0 saturated heterocycles. The normalized spacial score (nSPS) is 11.0. The minimum atomic E-state index is -0.302. The van der Waals surface area contributed by atoms with Gasteiger partial charge in [-0.2, -0.15) is 5.10 Å². The maximum Gasteiger partial charge on any atom is 0.172 e. The third kappa shape index (κ3) is 1.74. The van der Waals surface area contributed by atoms with Crippen molar-refractivity contribution < 1.29 is 4.39 Å². The second-order valence-corrected chi connectivity index (χ2v) is 4.59. The van der Waals surface area contributed by atoms with Crippen LogP contribution in [-0.2, 0) is 0 Å². The third-order valence-corrected chi connectivity index (χ3v) is 3.28. The summed E-state index contributed by atoms with van der Waals surface area (Å²) in [5.41, 5.74) is 7.56. The van der Waals surface area contributed by atoms with Crippen LogP contribution < -0.4 is 5.73 Å². The highest BCUT2D eigenvalue weighted by molar-refractivity contribution is 9.10. The van der Waals surface area contributed by atoms with Gasteiger partial charge in [0.15, 0.2) is 5.65 Å². The molecule has 18 heavy (non-hydrogen) atoms. The number of nitrogens with two attached hydrogens (primary N) is 1. The molecule has 0 aliphatic rings. The molecular formula is C12H8BrFN4. The second kappa shape index (κ2) is 4.06. The first-order valence-electron chi connectivity index (χ1n) is 5.21. The van der Waals surface area contributed by atoms with Gasteiger partial charge in [-0.15, -0.1) is 0 Å². The zero-order valence-corrected chi connectivity index (χ0v) is 10.7. The molecular weight excluding hydrogens is 299 g/mol. The molecule has 3 aromatic rings.